The van der Waals surface area contributed by atoms with Gasteiger partial charge in [0.05, 0.1) is 36.9 Å². The number of alkyl halides is 3. The topological polar surface area (TPSA) is 116 Å². The maximum absolute atomic E-state index is 13.3. The van der Waals surface area contributed by atoms with Crippen molar-refractivity contribution >= 4 is 39.1 Å². The van der Waals surface area contributed by atoms with Crippen LogP contribution in [0, 0.1) is 5.92 Å². The average molecular weight is 620 g/mol. The molecule has 0 fully saturated rings. The Balaban J connectivity index is 1.92. The highest BCUT2D eigenvalue weighted by Gasteiger charge is 2.34. The van der Waals surface area contributed by atoms with Gasteiger partial charge in [-0.1, -0.05) is 18.5 Å². The molecule has 2 aromatic rings. The lowest BCUT2D eigenvalue weighted by Gasteiger charge is -2.33. The molecule has 0 saturated heterocycles. The molecule has 0 aromatic heterocycles. The van der Waals surface area contributed by atoms with Crippen LogP contribution in [-0.4, -0.2) is 79.6 Å². The number of sulfonamides is 1. The first kappa shape index (κ1) is 32.6. The van der Waals surface area contributed by atoms with Gasteiger partial charge in [-0.05, 0) is 49.4 Å². The number of aliphatic hydroxyl groups is 1. The predicted octanol–water partition coefficient (Wildman–Crippen LogP) is 4.09. The predicted molar refractivity (Wildman–Crippen MR) is 147 cm³/mol. The van der Waals surface area contributed by atoms with Gasteiger partial charge in [-0.3, -0.25) is 9.59 Å². The summed E-state index contributed by atoms with van der Waals surface area (Å²) in [4.78, 5) is 26.9. The van der Waals surface area contributed by atoms with Gasteiger partial charge in [-0.2, -0.15) is 17.5 Å². The standard InChI is InChI=1S/C27H33ClF3N3O6S/c1-17-14-34(18(2)16-35)26(37)13-19-12-21(32-25(36)10-11-27(29,30)31)6-9-23(19)40-24(17)15-33(3)41(38,39)22-7-4-20(28)5-8-22/h4-9,12,17-18,24,35H,10-11,13-16H2,1-3H3,(H,32,36)/t17-,18-,24-/m1/s1. The number of hydrogen-bond acceptors (Lipinski definition) is 6. The minimum atomic E-state index is -4.48. The number of likely N-dealkylation sites (N-methyl/N-ethyl adjacent to an activating group) is 1. The molecule has 1 aliphatic rings. The number of ether oxygens (including phenoxy) is 1. The van der Waals surface area contributed by atoms with Crippen LogP contribution in [0.1, 0.15) is 32.3 Å². The van der Waals surface area contributed by atoms with Crippen LogP contribution in [0.5, 0.6) is 5.75 Å². The Morgan fingerprint density at radius 3 is 2.51 bits per heavy atom. The Hall–Kier alpha value is -2.87. The van der Waals surface area contributed by atoms with Crippen molar-refractivity contribution in [1.29, 1.82) is 0 Å². The zero-order valence-electron chi connectivity index (χ0n) is 22.8. The van der Waals surface area contributed by atoms with Gasteiger partial charge in [-0.15, -0.1) is 0 Å². The molecule has 0 aliphatic carbocycles. The van der Waals surface area contributed by atoms with Gasteiger partial charge < -0.3 is 20.1 Å². The molecule has 3 atom stereocenters. The number of anilines is 1. The summed E-state index contributed by atoms with van der Waals surface area (Å²) in [7, 11) is -2.51. The molecular formula is C27H33ClF3N3O6S. The van der Waals surface area contributed by atoms with E-state index in [4.69, 9.17) is 16.3 Å². The zero-order chi connectivity index (χ0) is 30.5. The maximum atomic E-state index is 13.3. The lowest BCUT2D eigenvalue weighted by atomic mass is 10.0. The van der Waals surface area contributed by atoms with E-state index in [1.54, 1.807) is 13.8 Å². The Kier molecular flexibility index (Phi) is 10.7. The van der Waals surface area contributed by atoms with Crippen LogP contribution < -0.4 is 10.1 Å². The second kappa shape index (κ2) is 13.4. The first-order valence-corrected chi connectivity index (χ1v) is 14.7. The van der Waals surface area contributed by atoms with Crippen molar-refractivity contribution in [2.45, 2.75) is 56.3 Å². The molecule has 0 spiro atoms. The number of nitrogens with zero attached hydrogens (tertiary/aromatic N) is 2. The maximum Gasteiger partial charge on any atom is 0.389 e. The molecule has 0 unspecified atom stereocenters. The minimum absolute atomic E-state index is 0.0390. The SMILES string of the molecule is C[C@@H]1CN([C@H](C)CO)C(=O)Cc2cc(NC(=O)CCC(F)(F)F)ccc2O[C@@H]1CN(C)S(=O)(=O)c1ccc(Cl)cc1. The summed E-state index contributed by atoms with van der Waals surface area (Å²) in [5.74, 6) is -1.30. The van der Waals surface area contributed by atoms with Crippen molar-refractivity contribution in [2.24, 2.45) is 5.92 Å². The number of carbonyl (C=O) groups excluding carboxylic acids is 2. The molecule has 0 bridgehead atoms. The van der Waals surface area contributed by atoms with Gasteiger partial charge in [0.1, 0.15) is 11.9 Å². The highest BCUT2D eigenvalue weighted by atomic mass is 35.5. The third-order valence-corrected chi connectivity index (χ3v) is 8.88. The van der Waals surface area contributed by atoms with Gasteiger partial charge >= 0.3 is 6.18 Å². The minimum Gasteiger partial charge on any atom is -0.488 e. The number of rotatable bonds is 9. The van der Waals surface area contributed by atoms with E-state index in [0.29, 0.717) is 10.6 Å². The van der Waals surface area contributed by atoms with Crippen molar-refractivity contribution in [3.05, 3.63) is 53.1 Å². The molecule has 2 N–H and O–H groups in total. The summed E-state index contributed by atoms with van der Waals surface area (Å²) < 4.78 is 71.5. The second-order valence-corrected chi connectivity index (χ2v) is 12.6. The number of carbonyl (C=O) groups is 2. The molecular weight excluding hydrogens is 587 g/mol. The van der Waals surface area contributed by atoms with Crippen molar-refractivity contribution < 1.29 is 41.0 Å². The molecule has 14 heteroatoms. The van der Waals surface area contributed by atoms with E-state index in [9.17, 15) is 36.3 Å². The Labute approximate surface area is 242 Å². The molecule has 0 saturated carbocycles. The van der Waals surface area contributed by atoms with Gasteiger partial charge in [-0.25, -0.2) is 8.42 Å². The molecule has 9 nitrogen and oxygen atoms in total. The highest BCUT2D eigenvalue weighted by molar-refractivity contribution is 7.89. The molecule has 2 aromatic carbocycles. The fourth-order valence-electron chi connectivity index (χ4n) is 4.34. The fraction of sp³-hybridized carbons (Fsp3) is 0.481. The largest absolute Gasteiger partial charge is 0.488 e. The van der Waals surface area contributed by atoms with Crippen molar-refractivity contribution in [2.75, 3.05) is 32.1 Å². The number of amides is 2. The van der Waals surface area contributed by atoms with E-state index in [0.717, 1.165) is 4.31 Å². The van der Waals surface area contributed by atoms with Crippen molar-refractivity contribution in [3.63, 3.8) is 0 Å². The van der Waals surface area contributed by atoms with Gasteiger partial charge in [0.25, 0.3) is 0 Å². The third-order valence-electron chi connectivity index (χ3n) is 6.79. The Morgan fingerprint density at radius 1 is 1.24 bits per heavy atom. The molecule has 2 amide bonds. The first-order chi connectivity index (χ1) is 19.1. The normalized spacial score (nSPS) is 19.0. The van der Waals surface area contributed by atoms with E-state index >= 15 is 0 Å². The molecule has 3 rings (SSSR count). The van der Waals surface area contributed by atoms with Crippen LogP contribution in [-0.2, 0) is 26.0 Å². The number of fused-ring (bicyclic) bond motifs is 1. The third kappa shape index (κ3) is 8.81. The van der Waals surface area contributed by atoms with E-state index in [1.165, 1.54) is 54.4 Å². The summed E-state index contributed by atoms with van der Waals surface area (Å²) in [6, 6.07) is 9.55. The van der Waals surface area contributed by atoms with Crippen LogP contribution >= 0.6 is 11.6 Å². The number of aliphatic hydroxyl groups excluding tert-OH is 1. The lowest BCUT2D eigenvalue weighted by Crippen LogP contribution is -2.48. The zero-order valence-corrected chi connectivity index (χ0v) is 24.4. The Morgan fingerprint density at radius 2 is 1.90 bits per heavy atom. The van der Waals surface area contributed by atoms with E-state index in [1.807, 2.05) is 0 Å². The van der Waals surface area contributed by atoms with Crippen LogP contribution in [0.25, 0.3) is 0 Å². The molecule has 0 radical (unpaired) electrons. The summed E-state index contributed by atoms with van der Waals surface area (Å²) in [6.45, 7) is 3.24. The second-order valence-electron chi connectivity index (χ2n) is 10.1. The molecule has 1 aliphatic heterocycles. The summed E-state index contributed by atoms with van der Waals surface area (Å²) >= 11 is 5.90. The number of halogens is 4. The van der Waals surface area contributed by atoms with Crippen LogP contribution in [0.15, 0.2) is 47.4 Å². The van der Waals surface area contributed by atoms with Gasteiger partial charge in [0.15, 0.2) is 0 Å². The number of benzene rings is 2. The van der Waals surface area contributed by atoms with E-state index in [2.05, 4.69) is 5.32 Å². The number of hydrogen-bond donors (Lipinski definition) is 2. The van der Waals surface area contributed by atoms with E-state index < -0.39 is 47.1 Å². The smallest absolute Gasteiger partial charge is 0.389 e. The highest BCUT2D eigenvalue weighted by Crippen LogP contribution is 2.30. The monoisotopic (exact) mass is 619 g/mol. The number of nitrogens with one attached hydrogen (secondary N) is 1. The summed E-state index contributed by atoms with van der Waals surface area (Å²) in [6.07, 6.45) is -7.43. The first-order valence-electron chi connectivity index (χ1n) is 12.9. The van der Waals surface area contributed by atoms with Crippen LogP contribution in [0.2, 0.25) is 5.02 Å². The summed E-state index contributed by atoms with van der Waals surface area (Å²) in [5.41, 5.74) is 0.529. The van der Waals surface area contributed by atoms with Gasteiger partial charge in [0, 0.05) is 42.2 Å². The summed E-state index contributed by atoms with van der Waals surface area (Å²) in [5, 5.41) is 12.6. The lowest BCUT2D eigenvalue weighted by molar-refractivity contribution is -0.142. The average Bonchev–Trinajstić information content (AvgIpc) is 2.94. The van der Waals surface area contributed by atoms with Crippen LogP contribution in [0.3, 0.4) is 0 Å². The molecule has 41 heavy (non-hydrogen) atoms. The fourth-order valence-corrected chi connectivity index (χ4v) is 5.65. The van der Waals surface area contributed by atoms with Crippen molar-refractivity contribution in [3.8, 4) is 5.75 Å². The molecule has 1 heterocycles. The quantitative estimate of drug-likeness (QED) is 0.437. The van der Waals surface area contributed by atoms with Gasteiger partial charge in [0.2, 0.25) is 21.8 Å². The molecule has 226 valence electrons. The van der Waals surface area contributed by atoms with E-state index in [-0.39, 0.29) is 54.3 Å². The van der Waals surface area contributed by atoms with Crippen LogP contribution in [0.4, 0.5) is 18.9 Å². The van der Waals surface area contributed by atoms with Crippen molar-refractivity contribution in [1.82, 2.24) is 9.21 Å². The Bertz CT molecular complexity index is 1340.